The van der Waals surface area contributed by atoms with Crippen LogP contribution in [-0.4, -0.2) is 44.5 Å². The third kappa shape index (κ3) is 3.79. The summed E-state index contributed by atoms with van der Waals surface area (Å²) in [5.41, 5.74) is 0. The summed E-state index contributed by atoms with van der Waals surface area (Å²) in [6, 6.07) is -0.0500. The van der Waals surface area contributed by atoms with Crippen molar-refractivity contribution < 1.29 is 8.42 Å². The Bertz CT molecular complexity index is 289. The molecular weight excluding hydrogens is 186 g/mol. The molecule has 0 aromatic rings. The zero-order valence-corrected chi connectivity index (χ0v) is 9.43. The maximum Gasteiger partial charge on any atom is 0.151 e. The van der Waals surface area contributed by atoms with Crippen LogP contribution in [-0.2, 0) is 9.84 Å². The Labute approximate surface area is 81.0 Å². The molecule has 0 N–H and O–H groups in total. The zero-order chi connectivity index (χ0) is 10.6. The Morgan fingerprint density at radius 2 is 1.92 bits per heavy atom. The van der Waals surface area contributed by atoms with Crippen molar-refractivity contribution in [2.45, 2.75) is 25.1 Å². The molecule has 0 fully saturated rings. The topological polar surface area (TPSA) is 37.4 Å². The number of hydrogen-bond donors (Lipinski definition) is 0. The van der Waals surface area contributed by atoms with Gasteiger partial charge in [0, 0.05) is 12.3 Å². The quantitative estimate of drug-likeness (QED) is 0.620. The summed E-state index contributed by atoms with van der Waals surface area (Å²) in [5, 5.41) is -0.383. The van der Waals surface area contributed by atoms with Crippen LogP contribution in [0.4, 0.5) is 0 Å². The molecule has 0 bridgehead atoms. The van der Waals surface area contributed by atoms with Gasteiger partial charge in [0.05, 0.1) is 11.8 Å². The normalized spacial score (nSPS) is 16.6. The number of sulfone groups is 1. The van der Waals surface area contributed by atoms with Crippen molar-refractivity contribution in [2.75, 3.05) is 19.8 Å². The molecular formula is C9H17NO2S. The van der Waals surface area contributed by atoms with E-state index in [0.717, 1.165) is 0 Å². The summed E-state index contributed by atoms with van der Waals surface area (Å²) in [6.07, 6.45) is 6.38. The molecule has 4 heteroatoms. The van der Waals surface area contributed by atoms with Crippen molar-refractivity contribution in [1.82, 2.24) is 4.90 Å². The SMILES string of the molecule is C#CCN(C)[C@H](C)[C@@H](C)S(C)(=O)=O. The van der Waals surface area contributed by atoms with Crippen LogP contribution in [0.25, 0.3) is 0 Å². The molecule has 0 aliphatic rings. The summed E-state index contributed by atoms with van der Waals surface area (Å²) in [6.45, 7) is 4.04. The molecule has 0 spiro atoms. The van der Waals surface area contributed by atoms with Gasteiger partial charge in [0.2, 0.25) is 0 Å². The van der Waals surface area contributed by atoms with Crippen molar-refractivity contribution in [3.8, 4) is 12.3 Å². The Balaban J connectivity index is 4.45. The van der Waals surface area contributed by atoms with Crippen molar-refractivity contribution in [1.29, 1.82) is 0 Å². The van der Waals surface area contributed by atoms with Crippen LogP contribution in [0.3, 0.4) is 0 Å². The molecule has 0 amide bonds. The average molecular weight is 203 g/mol. The third-order valence-electron chi connectivity index (χ3n) is 2.39. The van der Waals surface area contributed by atoms with Gasteiger partial charge >= 0.3 is 0 Å². The molecule has 2 atom stereocenters. The first-order valence-corrected chi connectivity index (χ1v) is 6.08. The van der Waals surface area contributed by atoms with Gasteiger partial charge in [-0.3, -0.25) is 4.90 Å². The zero-order valence-electron chi connectivity index (χ0n) is 8.61. The Hall–Kier alpha value is -0.530. The highest BCUT2D eigenvalue weighted by atomic mass is 32.2. The van der Waals surface area contributed by atoms with E-state index in [2.05, 4.69) is 5.92 Å². The molecule has 76 valence electrons. The fourth-order valence-corrected chi connectivity index (χ4v) is 1.93. The van der Waals surface area contributed by atoms with E-state index in [1.165, 1.54) is 6.26 Å². The number of rotatable bonds is 4. The van der Waals surface area contributed by atoms with Gasteiger partial charge in [-0.2, -0.15) is 0 Å². The van der Waals surface area contributed by atoms with Gasteiger partial charge in [0.1, 0.15) is 0 Å². The second-order valence-electron chi connectivity index (χ2n) is 3.39. The lowest BCUT2D eigenvalue weighted by Gasteiger charge is -2.26. The molecule has 0 saturated carbocycles. The fourth-order valence-electron chi connectivity index (χ4n) is 1.00. The first kappa shape index (κ1) is 12.5. The predicted octanol–water partition coefficient (Wildman–Crippen LogP) is 0.373. The first-order valence-electron chi connectivity index (χ1n) is 4.13. The smallest absolute Gasteiger partial charge is 0.151 e. The summed E-state index contributed by atoms with van der Waals surface area (Å²) in [4.78, 5) is 1.85. The lowest BCUT2D eigenvalue weighted by Crippen LogP contribution is -2.41. The molecule has 0 radical (unpaired) electrons. The molecule has 0 aliphatic heterocycles. The molecule has 3 nitrogen and oxygen atoms in total. The van der Waals surface area contributed by atoms with Gasteiger partial charge in [-0.15, -0.1) is 6.42 Å². The van der Waals surface area contributed by atoms with E-state index < -0.39 is 9.84 Å². The lowest BCUT2D eigenvalue weighted by molar-refractivity contribution is 0.283. The summed E-state index contributed by atoms with van der Waals surface area (Å²) < 4.78 is 22.4. The molecule has 0 aromatic heterocycles. The van der Waals surface area contributed by atoms with Crippen molar-refractivity contribution >= 4 is 9.84 Å². The standard InChI is InChI=1S/C9H17NO2S/c1-6-7-10(4)8(2)9(3)13(5,11)12/h1,8-9H,7H2,2-5H3/t8-,9-/m1/s1. The minimum absolute atomic E-state index is 0.0500. The van der Waals surface area contributed by atoms with Gasteiger partial charge < -0.3 is 0 Å². The van der Waals surface area contributed by atoms with Gasteiger partial charge in [-0.25, -0.2) is 8.42 Å². The van der Waals surface area contributed by atoms with Crippen LogP contribution in [0, 0.1) is 12.3 Å². The van der Waals surface area contributed by atoms with E-state index in [1.54, 1.807) is 6.92 Å². The fraction of sp³-hybridized carbons (Fsp3) is 0.778. The Kier molecular flexibility index (Phi) is 4.45. The van der Waals surface area contributed by atoms with E-state index in [9.17, 15) is 8.42 Å². The minimum Gasteiger partial charge on any atom is -0.291 e. The largest absolute Gasteiger partial charge is 0.291 e. The highest BCUT2D eigenvalue weighted by molar-refractivity contribution is 7.91. The van der Waals surface area contributed by atoms with E-state index in [-0.39, 0.29) is 11.3 Å². The van der Waals surface area contributed by atoms with Gasteiger partial charge in [-0.05, 0) is 20.9 Å². The van der Waals surface area contributed by atoms with Crippen LogP contribution in [0.2, 0.25) is 0 Å². The van der Waals surface area contributed by atoms with Crippen LogP contribution >= 0.6 is 0 Å². The summed E-state index contributed by atoms with van der Waals surface area (Å²) in [7, 11) is -1.15. The van der Waals surface area contributed by atoms with Gasteiger partial charge in [0.15, 0.2) is 9.84 Å². The average Bonchev–Trinajstić information content (AvgIpc) is 2.00. The molecule has 0 saturated heterocycles. The highest BCUT2D eigenvalue weighted by Gasteiger charge is 2.24. The molecule has 0 rings (SSSR count). The second-order valence-corrected chi connectivity index (χ2v) is 5.80. The van der Waals surface area contributed by atoms with Gasteiger partial charge in [-0.1, -0.05) is 5.92 Å². The number of nitrogens with zero attached hydrogens (tertiary/aromatic N) is 1. The lowest BCUT2D eigenvalue weighted by atomic mass is 10.2. The van der Waals surface area contributed by atoms with Crippen LogP contribution in [0.1, 0.15) is 13.8 Å². The molecule has 13 heavy (non-hydrogen) atoms. The Morgan fingerprint density at radius 3 is 2.23 bits per heavy atom. The van der Waals surface area contributed by atoms with E-state index in [1.807, 2.05) is 18.9 Å². The highest BCUT2D eigenvalue weighted by Crippen LogP contribution is 2.09. The number of terminal acetylenes is 1. The van der Waals surface area contributed by atoms with Crippen LogP contribution in [0.15, 0.2) is 0 Å². The van der Waals surface area contributed by atoms with Crippen molar-refractivity contribution in [2.24, 2.45) is 0 Å². The van der Waals surface area contributed by atoms with Crippen molar-refractivity contribution in [3.05, 3.63) is 0 Å². The van der Waals surface area contributed by atoms with Crippen molar-refractivity contribution in [3.63, 3.8) is 0 Å². The molecule has 0 aliphatic carbocycles. The second kappa shape index (κ2) is 4.64. The maximum absolute atomic E-state index is 11.2. The minimum atomic E-state index is -2.98. The first-order chi connectivity index (χ1) is 5.80. The van der Waals surface area contributed by atoms with E-state index in [4.69, 9.17) is 6.42 Å². The van der Waals surface area contributed by atoms with Crippen LogP contribution in [0.5, 0.6) is 0 Å². The monoisotopic (exact) mass is 203 g/mol. The van der Waals surface area contributed by atoms with E-state index in [0.29, 0.717) is 6.54 Å². The maximum atomic E-state index is 11.2. The summed E-state index contributed by atoms with van der Waals surface area (Å²) >= 11 is 0. The Morgan fingerprint density at radius 1 is 1.46 bits per heavy atom. The summed E-state index contributed by atoms with van der Waals surface area (Å²) in [5.74, 6) is 2.49. The van der Waals surface area contributed by atoms with E-state index >= 15 is 0 Å². The molecule has 0 heterocycles. The van der Waals surface area contributed by atoms with Crippen LogP contribution < -0.4 is 0 Å². The van der Waals surface area contributed by atoms with Gasteiger partial charge in [0.25, 0.3) is 0 Å². The third-order valence-corrected chi connectivity index (χ3v) is 4.14. The number of hydrogen-bond acceptors (Lipinski definition) is 3. The molecule has 0 unspecified atom stereocenters. The predicted molar refractivity (Wildman–Crippen MR) is 55.2 cm³/mol. The molecule has 0 aromatic carbocycles.